The highest BCUT2D eigenvalue weighted by Gasteiger charge is 2.24. The topological polar surface area (TPSA) is 75.6 Å². The SMILES string of the molecule is C=CCC(C)COC(=O)N[C@H](C(=O)O)C(C)C. The molecule has 0 radical (unpaired) electrons. The first-order valence-corrected chi connectivity index (χ1v) is 5.65. The maximum atomic E-state index is 11.3. The van der Waals surface area contributed by atoms with Crippen LogP contribution in [0.3, 0.4) is 0 Å². The van der Waals surface area contributed by atoms with Gasteiger partial charge in [-0.05, 0) is 18.3 Å². The van der Waals surface area contributed by atoms with Gasteiger partial charge in [0, 0.05) is 0 Å². The Balaban J connectivity index is 4.07. The highest BCUT2D eigenvalue weighted by atomic mass is 16.5. The lowest BCUT2D eigenvalue weighted by molar-refractivity contribution is -0.140. The van der Waals surface area contributed by atoms with E-state index in [2.05, 4.69) is 11.9 Å². The van der Waals surface area contributed by atoms with Gasteiger partial charge in [0.05, 0.1) is 6.61 Å². The van der Waals surface area contributed by atoms with E-state index in [1.54, 1.807) is 19.9 Å². The van der Waals surface area contributed by atoms with E-state index in [4.69, 9.17) is 9.84 Å². The van der Waals surface area contributed by atoms with Crippen LogP contribution in [0.5, 0.6) is 0 Å². The average Bonchev–Trinajstić information content (AvgIpc) is 2.22. The summed E-state index contributed by atoms with van der Waals surface area (Å²) in [5.41, 5.74) is 0. The molecule has 1 unspecified atom stereocenters. The van der Waals surface area contributed by atoms with Crippen molar-refractivity contribution in [3.05, 3.63) is 12.7 Å². The molecule has 98 valence electrons. The number of ether oxygens (including phenoxy) is 1. The lowest BCUT2D eigenvalue weighted by Crippen LogP contribution is -2.44. The first-order chi connectivity index (χ1) is 7.88. The van der Waals surface area contributed by atoms with E-state index in [1.807, 2.05) is 6.92 Å². The van der Waals surface area contributed by atoms with Crippen molar-refractivity contribution in [1.82, 2.24) is 5.32 Å². The van der Waals surface area contributed by atoms with E-state index in [-0.39, 0.29) is 18.4 Å². The van der Waals surface area contributed by atoms with E-state index in [0.717, 1.165) is 6.42 Å². The Morgan fingerprint density at radius 3 is 2.41 bits per heavy atom. The zero-order valence-corrected chi connectivity index (χ0v) is 10.6. The first kappa shape index (κ1) is 15.5. The molecule has 0 bridgehead atoms. The van der Waals surface area contributed by atoms with E-state index in [1.165, 1.54) is 0 Å². The molecule has 0 fully saturated rings. The molecule has 0 rings (SSSR count). The van der Waals surface area contributed by atoms with Crippen molar-refractivity contribution >= 4 is 12.1 Å². The second-order valence-electron chi connectivity index (χ2n) is 4.43. The summed E-state index contributed by atoms with van der Waals surface area (Å²) in [5.74, 6) is -1.07. The number of aliphatic carboxylic acids is 1. The smallest absolute Gasteiger partial charge is 0.407 e. The predicted octanol–water partition coefficient (Wildman–Crippen LogP) is 2.03. The number of carboxylic acids is 1. The Kier molecular flexibility index (Phi) is 7.02. The van der Waals surface area contributed by atoms with Crippen molar-refractivity contribution in [2.24, 2.45) is 11.8 Å². The minimum Gasteiger partial charge on any atom is -0.480 e. The summed E-state index contributed by atoms with van der Waals surface area (Å²) >= 11 is 0. The van der Waals surface area contributed by atoms with Crippen molar-refractivity contribution in [3.8, 4) is 0 Å². The summed E-state index contributed by atoms with van der Waals surface area (Å²) in [7, 11) is 0. The van der Waals surface area contributed by atoms with E-state index >= 15 is 0 Å². The highest BCUT2D eigenvalue weighted by Crippen LogP contribution is 2.05. The number of hydrogen-bond acceptors (Lipinski definition) is 3. The van der Waals surface area contributed by atoms with Crippen LogP contribution >= 0.6 is 0 Å². The normalized spacial score (nSPS) is 13.9. The van der Waals surface area contributed by atoms with Crippen LogP contribution in [-0.2, 0) is 9.53 Å². The van der Waals surface area contributed by atoms with Crippen molar-refractivity contribution in [2.75, 3.05) is 6.61 Å². The summed E-state index contributed by atoms with van der Waals surface area (Å²) in [5, 5.41) is 11.2. The van der Waals surface area contributed by atoms with Crippen LogP contribution in [0.25, 0.3) is 0 Å². The summed E-state index contributed by atoms with van der Waals surface area (Å²) in [6.45, 7) is 9.21. The second-order valence-corrected chi connectivity index (χ2v) is 4.43. The number of carboxylic acid groups (broad SMARTS) is 1. The zero-order chi connectivity index (χ0) is 13.4. The number of alkyl carbamates (subject to hydrolysis) is 1. The number of amides is 1. The Hall–Kier alpha value is -1.52. The Morgan fingerprint density at radius 2 is 2.00 bits per heavy atom. The fraction of sp³-hybridized carbons (Fsp3) is 0.667. The van der Waals surface area contributed by atoms with Crippen molar-refractivity contribution in [3.63, 3.8) is 0 Å². The van der Waals surface area contributed by atoms with Gasteiger partial charge in [0.1, 0.15) is 6.04 Å². The van der Waals surface area contributed by atoms with Crippen molar-refractivity contribution < 1.29 is 19.4 Å². The van der Waals surface area contributed by atoms with Crippen LogP contribution in [0.15, 0.2) is 12.7 Å². The molecule has 5 nitrogen and oxygen atoms in total. The molecule has 0 heterocycles. The van der Waals surface area contributed by atoms with Gasteiger partial charge in [-0.25, -0.2) is 9.59 Å². The lowest BCUT2D eigenvalue weighted by Gasteiger charge is -2.18. The number of rotatable bonds is 7. The number of allylic oxidation sites excluding steroid dienone is 1. The second kappa shape index (κ2) is 7.70. The fourth-order valence-corrected chi connectivity index (χ4v) is 1.25. The van der Waals surface area contributed by atoms with Crippen LogP contribution in [0.1, 0.15) is 27.2 Å². The van der Waals surface area contributed by atoms with Gasteiger partial charge in [-0.1, -0.05) is 26.8 Å². The van der Waals surface area contributed by atoms with Gasteiger partial charge < -0.3 is 15.2 Å². The average molecular weight is 243 g/mol. The van der Waals surface area contributed by atoms with Gasteiger partial charge in [0.15, 0.2) is 0 Å². The molecule has 1 amide bonds. The summed E-state index contributed by atoms with van der Waals surface area (Å²) < 4.78 is 4.93. The Bertz CT molecular complexity index is 276. The molecule has 0 aromatic carbocycles. The van der Waals surface area contributed by atoms with E-state index in [0.29, 0.717) is 0 Å². The van der Waals surface area contributed by atoms with Gasteiger partial charge in [-0.2, -0.15) is 0 Å². The minimum atomic E-state index is -1.06. The molecule has 2 atom stereocenters. The molecule has 0 aromatic rings. The third-order valence-electron chi connectivity index (χ3n) is 2.27. The van der Waals surface area contributed by atoms with Crippen LogP contribution in [0.2, 0.25) is 0 Å². The summed E-state index contributed by atoms with van der Waals surface area (Å²) in [6.07, 6.45) is 1.81. The number of carbonyl (C=O) groups is 2. The molecule has 0 saturated heterocycles. The van der Waals surface area contributed by atoms with Crippen LogP contribution in [-0.4, -0.2) is 29.8 Å². The number of hydrogen-bond donors (Lipinski definition) is 2. The Morgan fingerprint density at radius 1 is 1.41 bits per heavy atom. The van der Waals surface area contributed by atoms with Crippen LogP contribution < -0.4 is 5.32 Å². The van der Waals surface area contributed by atoms with E-state index < -0.39 is 18.1 Å². The molecule has 0 aliphatic carbocycles. The maximum Gasteiger partial charge on any atom is 0.407 e. The third-order valence-corrected chi connectivity index (χ3v) is 2.27. The van der Waals surface area contributed by atoms with Gasteiger partial charge in [0.25, 0.3) is 0 Å². The zero-order valence-electron chi connectivity index (χ0n) is 10.6. The van der Waals surface area contributed by atoms with Crippen molar-refractivity contribution in [2.45, 2.75) is 33.2 Å². The van der Waals surface area contributed by atoms with Gasteiger partial charge in [-0.3, -0.25) is 0 Å². The number of nitrogens with one attached hydrogen (secondary N) is 1. The Labute approximate surface area is 102 Å². The molecular formula is C12H21NO4. The molecule has 0 aliphatic heterocycles. The summed E-state index contributed by atoms with van der Waals surface area (Å²) in [4.78, 5) is 22.2. The molecule has 0 spiro atoms. The van der Waals surface area contributed by atoms with Gasteiger partial charge in [0.2, 0.25) is 0 Å². The minimum absolute atomic E-state index is 0.181. The largest absolute Gasteiger partial charge is 0.480 e. The maximum absolute atomic E-state index is 11.3. The molecular weight excluding hydrogens is 222 g/mol. The predicted molar refractivity (Wildman–Crippen MR) is 64.7 cm³/mol. The monoisotopic (exact) mass is 243 g/mol. The molecule has 0 saturated carbocycles. The first-order valence-electron chi connectivity index (χ1n) is 5.65. The van der Waals surface area contributed by atoms with Gasteiger partial charge >= 0.3 is 12.1 Å². The van der Waals surface area contributed by atoms with Crippen LogP contribution in [0.4, 0.5) is 4.79 Å². The molecule has 5 heteroatoms. The molecule has 0 aromatic heterocycles. The third kappa shape index (κ3) is 6.60. The standard InChI is InChI=1S/C12H21NO4/c1-5-6-9(4)7-17-12(16)13-10(8(2)3)11(14)15/h5,8-10H,1,6-7H2,2-4H3,(H,13,16)(H,14,15)/t9?,10-/m0/s1. The van der Waals surface area contributed by atoms with E-state index in [9.17, 15) is 9.59 Å². The van der Waals surface area contributed by atoms with Gasteiger partial charge in [-0.15, -0.1) is 6.58 Å². The quantitative estimate of drug-likeness (QED) is 0.671. The summed E-state index contributed by atoms with van der Waals surface area (Å²) in [6, 6.07) is -0.919. The molecule has 2 N–H and O–H groups in total. The molecule has 0 aliphatic rings. The fourth-order valence-electron chi connectivity index (χ4n) is 1.25. The van der Waals surface area contributed by atoms with Crippen molar-refractivity contribution in [1.29, 1.82) is 0 Å². The number of carbonyl (C=O) groups excluding carboxylic acids is 1. The van der Waals surface area contributed by atoms with Crippen LogP contribution in [0, 0.1) is 11.8 Å². The molecule has 17 heavy (non-hydrogen) atoms. The lowest BCUT2D eigenvalue weighted by atomic mass is 10.1. The highest BCUT2D eigenvalue weighted by molar-refractivity contribution is 5.80.